The van der Waals surface area contributed by atoms with Crippen molar-refractivity contribution in [3.8, 4) is 5.75 Å². The first-order valence-corrected chi connectivity index (χ1v) is 6.43. The highest BCUT2D eigenvalue weighted by Gasteiger charge is 2.47. The number of hydrogen-bond donors (Lipinski definition) is 2. The minimum Gasteiger partial charge on any atom is -0.477 e. The number of carbonyl (C=O) groups excluding carboxylic acids is 1. The summed E-state index contributed by atoms with van der Waals surface area (Å²) in [6, 6.07) is 7.32. The highest BCUT2D eigenvalue weighted by molar-refractivity contribution is 5.88. The van der Waals surface area contributed by atoms with Crippen molar-refractivity contribution in [2.24, 2.45) is 5.92 Å². The van der Waals surface area contributed by atoms with E-state index in [0.717, 1.165) is 18.4 Å². The number of fused-ring (bicyclic) bond motifs is 1. The van der Waals surface area contributed by atoms with E-state index in [1.807, 2.05) is 12.1 Å². The van der Waals surface area contributed by atoms with E-state index in [9.17, 15) is 14.7 Å². The van der Waals surface area contributed by atoms with Crippen LogP contribution in [0.5, 0.6) is 5.75 Å². The van der Waals surface area contributed by atoms with Crippen LogP contribution < -0.4 is 10.1 Å². The van der Waals surface area contributed by atoms with Crippen LogP contribution in [-0.4, -0.2) is 22.7 Å². The number of para-hydroxylation sites is 1. The first-order chi connectivity index (χ1) is 9.11. The van der Waals surface area contributed by atoms with E-state index in [2.05, 4.69) is 5.32 Å². The number of carboxylic acid groups (broad SMARTS) is 1. The molecular weight excluding hydrogens is 246 g/mol. The molecule has 1 saturated carbocycles. The molecule has 1 fully saturated rings. The fraction of sp³-hybridized carbons (Fsp3) is 0.429. The van der Waals surface area contributed by atoms with Crippen molar-refractivity contribution in [2.75, 3.05) is 0 Å². The Morgan fingerprint density at radius 2 is 2.05 bits per heavy atom. The molecule has 1 atom stereocenters. The van der Waals surface area contributed by atoms with Gasteiger partial charge in [0.05, 0.1) is 0 Å². The Hall–Kier alpha value is -2.04. The molecule has 1 aliphatic carbocycles. The Bertz CT molecular complexity index is 538. The molecule has 1 unspecified atom stereocenters. The quantitative estimate of drug-likeness (QED) is 0.860. The minimum atomic E-state index is -1.62. The molecule has 0 saturated heterocycles. The van der Waals surface area contributed by atoms with E-state index in [-0.39, 0.29) is 18.2 Å². The van der Waals surface area contributed by atoms with Gasteiger partial charge in [0.25, 0.3) is 5.72 Å². The van der Waals surface area contributed by atoms with Crippen molar-refractivity contribution < 1.29 is 19.4 Å². The highest BCUT2D eigenvalue weighted by Crippen LogP contribution is 2.34. The van der Waals surface area contributed by atoms with Crippen LogP contribution >= 0.6 is 0 Å². The van der Waals surface area contributed by atoms with Crippen molar-refractivity contribution in [2.45, 2.75) is 31.4 Å². The number of aryl methyl sites for hydroxylation is 1. The van der Waals surface area contributed by atoms with Gasteiger partial charge in [0.1, 0.15) is 5.75 Å². The first-order valence-electron chi connectivity index (χ1n) is 6.43. The summed E-state index contributed by atoms with van der Waals surface area (Å²) in [4.78, 5) is 23.4. The Morgan fingerprint density at radius 1 is 1.32 bits per heavy atom. The van der Waals surface area contributed by atoms with Gasteiger partial charge in [-0.05, 0) is 30.9 Å². The second-order valence-electron chi connectivity index (χ2n) is 5.11. The average Bonchev–Trinajstić information content (AvgIpc) is 3.22. The number of amides is 1. The molecule has 0 bridgehead atoms. The maximum Gasteiger partial charge on any atom is 0.370 e. The lowest BCUT2D eigenvalue weighted by Crippen LogP contribution is -2.60. The molecule has 1 aromatic rings. The van der Waals surface area contributed by atoms with Crippen molar-refractivity contribution in [1.29, 1.82) is 0 Å². The van der Waals surface area contributed by atoms with Gasteiger partial charge < -0.3 is 15.2 Å². The third-order valence-corrected chi connectivity index (χ3v) is 3.62. The van der Waals surface area contributed by atoms with Crippen molar-refractivity contribution in [3.05, 3.63) is 29.8 Å². The van der Waals surface area contributed by atoms with Gasteiger partial charge in [-0.3, -0.25) is 4.79 Å². The van der Waals surface area contributed by atoms with Gasteiger partial charge in [-0.15, -0.1) is 0 Å². The summed E-state index contributed by atoms with van der Waals surface area (Å²) >= 11 is 0. The number of aliphatic carboxylic acids is 1. The predicted octanol–water partition coefficient (Wildman–Crippen LogP) is 1.32. The zero-order valence-corrected chi connectivity index (χ0v) is 10.4. The van der Waals surface area contributed by atoms with Gasteiger partial charge in [0, 0.05) is 12.3 Å². The van der Waals surface area contributed by atoms with E-state index in [1.54, 1.807) is 12.1 Å². The van der Waals surface area contributed by atoms with Crippen LogP contribution in [0.15, 0.2) is 24.3 Å². The van der Waals surface area contributed by atoms with Gasteiger partial charge in [-0.2, -0.15) is 0 Å². The van der Waals surface area contributed by atoms with Crippen LogP contribution in [-0.2, 0) is 16.0 Å². The second-order valence-corrected chi connectivity index (χ2v) is 5.11. The predicted molar refractivity (Wildman–Crippen MR) is 66.6 cm³/mol. The summed E-state index contributed by atoms with van der Waals surface area (Å²) in [5.41, 5.74) is -0.645. The molecule has 5 heteroatoms. The molecule has 2 N–H and O–H groups in total. The van der Waals surface area contributed by atoms with E-state index in [4.69, 9.17) is 4.74 Å². The van der Waals surface area contributed by atoms with Gasteiger partial charge in [-0.25, -0.2) is 4.79 Å². The maximum atomic E-state index is 11.8. The van der Waals surface area contributed by atoms with E-state index in [0.29, 0.717) is 12.2 Å². The number of carboxylic acids is 1. The summed E-state index contributed by atoms with van der Waals surface area (Å²) in [6.45, 7) is 0. The molecule has 100 valence electrons. The fourth-order valence-corrected chi connectivity index (χ4v) is 2.30. The number of ether oxygens (including phenoxy) is 1. The molecular formula is C14H15NO4. The third kappa shape index (κ3) is 2.16. The fourth-order valence-electron chi connectivity index (χ4n) is 2.30. The number of hydrogen-bond acceptors (Lipinski definition) is 3. The lowest BCUT2D eigenvalue weighted by Gasteiger charge is -2.35. The van der Waals surface area contributed by atoms with Gasteiger partial charge >= 0.3 is 5.97 Å². The largest absolute Gasteiger partial charge is 0.477 e. The van der Waals surface area contributed by atoms with Gasteiger partial charge in [-0.1, -0.05) is 18.2 Å². The standard InChI is InChI=1S/C14H15NO4/c16-12(10-5-6-10)15-14(13(17)18)8-7-9-3-1-2-4-11(9)19-14/h1-4,10H,5-8H2,(H,15,16)(H,17,18). The number of benzene rings is 1. The minimum absolute atomic E-state index is 0.0444. The Kier molecular flexibility index (Phi) is 2.69. The molecule has 5 nitrogen and oxygen atoms in total. The summed E-state index contributed by atoms with van der Waals surface area (Å²) in [5.74, 6) is -0.873. The molecule has 19 heavy (non-hydrogen) atoms. The van der Waals surface area contributed by atoms with E-state index in [1.165, 1.54) is 0 Å². The van der Waals surface area contributed by atoms with Crippen LogP contribution in [0, 0.1) is 5.92 Å². The molecule has 0 spiro atoms. The summed E-state index contributed by atoms with van der Waals surface area (Å²) < 4.78 is 5.60. The topological polar surface area (TPSA) is 75.6 Å². The van der Waals surface area contributed by atoms with Gasteiger partial charge in [0.15, 0.2) is 0 Å². The third-order valence-electron chi connectivity index (χ3n) is 3.62. The summed E-state index contributed by atoms with van der Waals surface area (Å²) in [5, 5.41) is 12.0. The normalized spacial score (nSPS) is 25.1. The molecule has 1 aromatic carbocycles. The molecule has 2 aliphatic rings. The lowest BCUT2D eigenvalue weighted by molar-refractivity contribution is -0.164. The zero-order chi connectivity index (χ0) is 13.5. The molecule has 0 aromatic heterocycles. The van der Waals surface area contributed by atoms with Crippen molar-refractivity contribution in [3.63, 3.8) is 0 Å². The van der Waals surface area contributed by atoms with Crippen LogP contribution in [0.1, 0.15) is 24.8 Å². The number of nitrogens with one attached hydrogen (secondary N) is 1. The molecule has 0 radical (unpaired) electrons. The molecule has 1 aliphatic heterocycles. The molecule has 1 heterocycles. The number of rotatable bonds is 3. The highest BCUT2D eigenvalue weighted by atomic mass is 16.5. The van der Waals surface area contributed by atoms with E-state index >= 15 is 0 Å². The smallest absolute Gasteiger partial charge is 0.370 e. The van der Waals surface area contributed by atoms with E-state index < -0.39 is 11.7 Å². The molecule has 1 amide bonds. The SMILES string of the molecule is O=C(NC1(C(=O)O)CCc2ccccc2O1)C1CC1. The Morgan fingerprint density at radius 3 is 2.74 bits per heavy atom. The van der Waals surface area contributed by atoms with Crippen LogP contribution in [0.3, 0.4) is 0 Å². The Balaban J connectivity index is 1.86. The summed E-state index contributed by atoms with van der Waals surface area (Å²) in [6.07, 6.45) is 2.49. The first kappa shape index (κ1) is 12.0. The van der Waals surface area contributed by atoms with Crippen LogP contribution in [0.2, 0.25) is 0 Å². The Labute approximate surface area is 110 Å². The second kappa shape index (κ2) is 4.26. The average molecular weight is 261 g/mol. The van der Waals surface area contributed by atoms with Crippen LogP contribution in [0.4, 0.5) is 0 Å². The molecule has 3 rings (SSSR count). The van der Waals surface area contributed by atoms with Crippen molar-refractivity contribution >= 4 is 11.9 Å². The zero-order valence-electron chi connectivity index (χ0n) is 10.4. The summed E-state index contributed by atoms with van der Waals surface area (Å²) in [7, 11) is 0. The number of carbonyl (C=O) groups is 2. The lowest BCUT2D eigenvalue weighted by atomic mass is 9.97. The van der Waals surface area contributed by atoms with Gasteiger partial charge in [0.2, 0.25) is 5.91 Å². The van der Waals surface area contributed by atoms with Crippen molar-refractivity contribution in [1.82, 2.24) is 5.32 Å². The van der Waals surface area contributed by atoms with Crippen LogP contribution in [0.25, 0.3) is 0 Å². The maximum absolute atomic E-state index is 11.8. The monoisotopic (exact) mass is 261 g/mol.